The van der Waals surface area contributed by atoms with Crippen LogP contribution in [0, 0.1) is 0 Å². The summed E-state index contributed by atoms with van der Waals surface area (Å²) in [5.74, 6) is 0.937. The SMILES string of the molecule is CCNC(=NCCc1ccccn1)NC1CCN(C(C)C)CC1. The monoisotopic (exact) mass is 317 g/mol. The van der Waals surface area contributed by atoms with E-state index < -0.39 is 0 Å². The third-order valence-electron chi connectivity index (χ3n) is 4.31. The van der Waals surface area contributed by atoms with E-state index in [1.165, 1.54) is 25.9 Å². The average molecular weight is 317 g/mol. The molecule has 0 aliphatic carbocycles. The molecule has 1 aliphatic heterocycles. The maximum Gasteiger partial charge on any atom is 0.191 e. The fraction of sp³-hybridized carbons (Fsp3) is 0.667. The number of nitrogens with zero attached hydrogens (tertiary/aromatic N) is 3. The lowest BCUT2D eigenvalue weighted by atomic mass is 10.0. The summed E-state index contributed by atoms with van der Waals surface area (Å²) >= 11 is 0. The van der Waals surface area contributed by atoms with Crippen molar-refractivity contribution in [2.24, 2.45) is 4.99 Å². The van der Waals surface area contributed by atoms with Crippen molar-refractivity contribution in [3.8, 4) is 0 Å². The molecule has 0 aromatic carbocycles. The van der Waals surface area contributed by atoms with Crippen molar-refractivity contribution in [3.63, 3.8) is 0 Å². The highest BCUT2D eigenvalue weighted by Gasteiger charge is 2.21. The lowest BCUT2D eigenvalue weighted by molar-refractivity contribution is 0.167. The summed E-state index contributed by atoms with van der Waals surface area (Å²) in [6.07, 6.45) is 5.08. The molecule has 5 heteroatoms. The first-order valence-electron chi connectivity index (χ1n) is 8.88. The number of rotatable bonds is 6. The van der Waals surface area contributed by atoms with E-state index in [-0.39, 0.29) is 0 Å². The summed E-state index contributed by atoms with van der Waals surface area (Å²) in [6.45, 7) is 10.6. The Hall–Kier alpha value is -1.62. The molecule has 0 radical (unpaired) electrons. The predicted octanol–water partition coefficient (Wildman–Crippen LogP) is 2.05. The molecular formula is C18H31N5. The highest BCUT2D eigenvalue weighted by atomic mass is 15.2. The Kier molecular flexibility index (Phi) is 7.33. The molecule has 128 valence electrons. The predicted molar refractivity (Wildman–Crippen MR) is 96.8 cm³/mol. The lowest BCUT2D eigenvalue weighted by Gasteiger charge is -2.35. The van der Waals surface area contributed by atoms with E-state index in [1.54, 1.807) is 0 Å². The summed E-state index contributed by atoms with van der Waals surface area (Å²) in [5.41, 5.74) is 1.09. The molecule has 1 saturated heterocycles. The number of pyridine rings is 1. The van der Waals surface area contributed by atoms with Crippen LogP contribution in [-0.2, 0) is 6.42 Å². The Morgan fingerprint density at radius 1 is 1.35 bits per heavy atom. The molecule has 0 atom stereocenters. The number of hydrogen-bond acceptors (Lipinski definition) is 3. The van der Waals surface area contributed by atoms with Crippen molar-refractivity contribution < 1.29 is 0 Å². The van der Waals surface area contributed by atoms with E-state index in [4.69, 9.17) is 4.99 Å². The van der Waals surface area contributed by atoms with Gasteiger partial charge in [-0.3, -0.25) is 9.98 Å². The maximum absolute atomic E-state index is 4.70. The molecule has 2 rings (SSSR count). The van der Waals surface area contributed by atoms with Crippen LogP contribution in [0.25, 0.3) is 0 Å². The first-order chi connectivity index (χ1) is 11.2. The number of nitrogens with one attached hydrogen (secondary N) is 2. The topological polar surface area (TPSA) is 52.6 Å². The van der Waals surface area contributed by atoms with Crippen molar-refractivity contribution >= 4 is 5.96 Å². The van der Waals surface area contributed by atoms with Gasteiger partial charge >= 0.3 is 0 Å². The van der Waals surface area contributed by atoms with Gasteiger partial charge in [-0.25, -0.2) is 0 Å². The number of aromatic nitrogens is 1. The largest absolute Gasteiger partial charge is 0.357 e. The van der Waals surface area contributed by atoms with E-state index in [2.05, 4.69) is 47.4 Å². The number of piperidine rings is 1. The van der Waals surface area contributed by atoms with Crippen molar-refractivity contribution in [1.29, 1.82) is 0 Å². The van der Waals surface area contributed by atoms with Gasteiger partial charge in [0.15, 0.2) is 5.96 Å². The quantitative estimate of drug-likeness (QED) is 0.623. The highest BCUT2D eigenvalue weighted by Crippen LogP contribution is 2.12. The summed E-state index contributed by atoms with van der Waals surface area (Å²) in [5, 5.41) is 6.95. The third-order valence-corrected chi connectivity index (χ3v) is 4.31. The molecule has 23 heavy (non-hydrogen) atoms. The Bertz CT molecular complexity index is 464. The Labute approximate surface area is 140 Å². The molecule has 1 fully saturated rings. The van der Waals surface area contributed by atoms with Crippen LogP contribution >= 0.6 is 0 Å². The average Bonchev–Trinajstić information content (AvgIpc) is 2.56. The molecule has 0 bridgehead atoms. The molecule has 2 heterocycles. The molecule has 0 amide bonds. The number of aliphatic imine (C=N–C) groups is 1. The molecule has 1 aromatic heterocycles. The molecule has 5 nitrogen and oxygen atoms in total. The zero-order valence-electron chi connectivity index (χ0n) is 14.8. The van der Waals surface area contributed by atoms with Gasteiger partial charge in [0.25, 0.3) is 0 Å². The first kappa shape index (κ1) is 17.7. The van der Waals surface area contributed by atoms with Crippen LogP contribution in [0.5, 0.6) is 0 Å². The summed E-state index contributed by atoms with van der Waals surface area (Å²) in [4.78, 5) is 11.6. The zero-order chi connectivity index (χ0) is 16.5. The van der Waals surface area contributed by atoms with Crippen LogP contribution in [0.2, 0.25) is 0 Å². The number of likely N-dealkylation sites (tertiary alicyclic amines) is 1. The van der Waals surface area contributed by atoms with Gasteiger partial charge < -0.3 is 15.5 Å². The highest BCUT2D eigenvalue weighted by molar-refractivity contribution is 5.80. The second kappa shape index (κ2) is 9.50. The van der Waals surface area contributed by atoms with Crippen molar-refractivity contribution in [2.75, 3.05) is 26.2 Å². The van der Waals surface area contributed by atoms with E-state index >= 15 is 0 Å². The van der Waals surface area contributed by atoms with E-state index in [0.29, 0.717) is 12.1 Å². The lowest BCUT2D eigenvalue weighted by Crippen LogP contribution is -2.49. The van der Waals surface area contributed by atoms with Crippen LogP contribution in [0.4, 0.5) is 0 Å². The standard InChI is InChI=1S/C18H31N5/c1-4-19-18(21-12-8-16-7-5-6-11-20-16)22-17-9-13-23(14-10-17)15(2)3/h5-7,11,15,17H,4,8-10,12-14H2,1-3H3,(H2,19,21,22). The van der Waals surface area contributed by atoms with Gasteiger partial charge in [-0.05, 0) is 45.7 Å². The fourth-order valence-electron chi connectivity index (χ4n) is 2.90. The summed E-state index contributed by atoms with van der Waals surface area (Å²) in [6, 6.07) is 7.20. The molecule has 0 saturated carbocycles. The van der Waals surface area contributed by atoms with Gasteiger partial charge in [0.05, 0.1) is 0 Å². The van der Waals surface area contributed by atoms with Crippen LogP contribution in [0.1, 0.15) is 39.3 Å². The summed E-state index contributed by atoms with van der Waals surface area (Å²) in [7, 11) is 0. The minimum absolute atomic E-state index is 0.526. The molecule has 2 N–H and O–H groups in total. The third kappa shape index (κ3) is 6.18. The van der Waals surface area contributed by atoms with Gasteiger partial charge in [0, 0.05) is 56.6 Å². The van der Waals surface area contributed by atoms with Crippen LogP contribution in [-0.4, -0.2) is 54.1 Å². The zero-order valence-corrected chi connectivity index (χ0v) is 14.8. The molecule has 0 spiro atoms. The number of guanidine groups is 1. The Morgan fingerprint density at radius 2 is 2.13 bits per heavy atom. The first-order valence-corrected chi connectivity index (χ1v) is 8.88. The van der Waals surface area contributed by atoms with Crippen LogP contribution in [0.15, 0.2) is 29.4 Å². The normalized spacial score (nSPS) is 17.5. The molecule has 0 unspecified atom stereocenters. The van der Waals surface area contributed by atoms with Gasteiger partial charge in [0.1, 0.15) is 0 Å². The van der Waals surface area contributed by atoms with Crippen LogP contribution < -0.4 is 10.6 Å². The van der Waals surface area contributed by atoms with E-state index in [0.717, 1.165) is 31.2 Å². The van der Waals surface area contributed by atoms with Crippen molar-refractivity contribution in [3.05, 3.63) is 30.1 Å². The summed E-state index contributed by atoms with van der Waals surface area (Å²) < 4.78 is 0. The molecule has 1 aliphatic rings. The Morgan fingerprint density at radius 3 is 2.74 bits per heavy atom. The minimum atomic E-state index is 0.526. The second-order valence-corrected chi connectivity index (χ2v) is 6.38. The number of hydrogen-bond donors (Lipinski definition) is 2. The van der Waals surface area contributed by atoms with Gasteiger partial charge in [-0.2, -0.15) is 0 Å². The van der Waals surface area contributed by atoms with Gasteiger partial charge in [-0.15, -0.1) is 0 Å². The molecule has 1 aromatic rings. The van der Waals surface area contributed by atoms with Crippen LogP contribution in [0.3, 0.4) is 0 Å². The fourth-order valence-corrected chi connectivity index (χ4v) is 2.90. The maximum atomic E-state index is 4.70. The van der Waals surface area contributed by atoms with Crippen molar-refractivity contribution in [2.45, 2.75) is 52.1 Å². The smallest absolute Gasteiger partial charge is 0.191 e. The minimum Gasteiger partial charge on any atom is -0.357 e. The Balaban J connectivity index is 1.80. The van der Waals surface area contributed by atoms with E-state index in [9.17, 15) is 0 Å². The van der Waals surface area contributed by atoms with Gasteiger partial charge in [-0.1, -0.05) is 6.07 Å². The molecular weight excluding hydrogens is 286 g/mol. The van der Waals surface area contributed by atoms with E-state index in [1.807, 2.05) is 18.3 Å². The second-order valence-electron chi connectivity index (χ2n) is 6.38. The van der Waals surface area contributed by atoms with Crippen molar-refractivity contribution in [1.82, 2.24) is 20.5 Å². The van der Waals surface area contributed by atoms with Gasteiger partial charge in [0.2, 0.25) is 0 Å².